The van der Waals surface area contributed by atoms with E-state index in [9.17, 15) is 9.59 Å². The predicted octanol–water partition coefficient (Wildman–Crippen LogP) is 3.51. The standard InChI is InChI=1S/C19H13ClO5/c1-23-19(22)17-14(10-6-2-4-8-12(10)20)15-16(25-17)11-7-3-5-9-13(11)24-18(15)21/h2-9,14,17H,1H3/t14-,17-/m1/s1. The van der Waals surface area contributed by atoms with Gasteiger partial charge in [0.25, 0.3) is 0 Å². The van der Waals surface area contributed by atoms with Crippen LogP contribution in [0, 0.1) is 0 Å². The van der Waals surface area contributed by atoms with Crippen molar-refractivity contribution in [3.63, 3.8) is 0 Å². The highest BCUT2D eigenvalue weighted by molar-refractivity contribution is 6.31. The number of rotatable bonds is 2. The summed E-state index contributed by atoms with van der Waals surface area (Å²) in [4.78, 5) is 24.9. The molecule has 2 aromatic carbocycles. The van der Waals surface area contributed by atoms with Crippen LogP contribution in [0.1, 0.15) is 17.0 Å². The monoisotopic (exact) mass is 356 g/mol. The zero-order valence-electron chi connectivity index (χ0n) is 13.2. The molecule has 4 rings (SSSR count). The molecule has 2 heterocycles. The maximum absolute atomic E-state index is 12.6. The van der Waals surface area contributed by atoms with Crippen molar-refractivity contribution in [3.05, 3.63) is 75.1 Å². The van der Waals surface area contributed by atoms with E-state index in [0.717, 1.165) is 0 Å². The van der Waals surface area contributed by atoms with Crippen LogP contribution in [0.5, 0.6) is 5.75 Å². The molecule has 25 heavy (non-hydrogen) atoms. The zero-order valence-corrected chi connectivity index (χ0v) is 13.9. The fourth-order valence-corrected chi connectivity index (χ4v) is 3.48. The second-order valence-corrected chi connectivity index (χ2v) is 6.10. The zero-order chi connectivity index (χ0) is 17.6. The van der Waals surface area contributed by atoms with Gasteiger partial charge in [-0.2, -0.15) is 0 Å². The van der Waals surface area contributed by atoms with Crippen molar-refractivity contribution in [2.45, 2.75) is 12.0 Å². The number of carbonyl (C=O) groups excluding carboxylic acids is 1. The third-order valence-electron chi connectivity index (χ3n) is 4.33. The summed E-state index contributed by atoms with van der Waals surface area (Å²) >= 11 is 6.31. The molecule has 0 radical (unpaired) electrons. The van der Waals surface area contributed by atoms with Crippen LogP contribution in [0.4, 0.5) is 0 Å². The molecule has 1 aliphatic heterocycles. The fraction of sp³-hybridized carbons (Fsp3) is 0.158. The molecule has 0 unspecified atom stereocenters. The normalized spacial score (nSPS) is 18.6. The van der Waals surface area contributed by atoms with Crippen molar-refractivity contribution < 1.29 is 18.7 Å². The van der Waals surface area contributed by atoms with E-state index in [0.29, 0.717) is 27.3 Å². The molecule has 0 aliphatic carbocycles. The lowest BCUT2D eigenvalue weighted by atomic mass is 9.88. The second kappa shape index (κ2) is 5.93. The van der Waals surface area contributed by atoms with Gasteiger partial charge >= 0.3 is 11.6 Å². The van der Waals surface area contributed by atoms with E-state index in [-0.39, 0.29) is 5.56 Å². The molecule has 0 fully saturated rings. The summed E-state index contributed by atoms with van der Waals surface area (Å²) in [7, 11) is 1.28. The predicted molar refractivity (Wildman–Crippen MR) is 92.2 cm³/mol. The van der Waals surface area contributed by atoms with Gasteiger partial charge in [-0.05, 0) is 23.8 Å². The van der Waals surface area contributed by atoms with Gasteiger partial charge in [-0.3, -0.25) is 0 Å². The van der Waals surface area contributed by atoms with E-state index in [2.05, 4.69) is 0 Å². The van der Waals surface area contributed by atoms with E-state index < -0.39 is 23.6 Å². The number of ether oxygens (including phenoxy) is 2. The highest BCUT2D eigenvalue weighted by atomic mass is 35.5. The summed E-state index contributed by atoms with van der Waals surface area (Å²) in [5.41, 5.74) is 0.739. The minimum absolute atomic E-state index is 0.280. The molecule has 0 amide bonds. The number of hydrogen-bond acceptors (Lipinski definition) is 5. The molecule has 0 saturated carbocycles. The van der Waals surface area contributed by atoms with Crippen molar-refractivity contribution in [1.29, 1.82) is 0 Å². The molecule has 2 atom stereocenters. The minimum atomic E-state index is -1.01. The quantitative estimate of drug-likeness (QED) is 0.519. The van der Waals surface area contributed by atoms with Gasteiger partial charge in [0.15, 0.2) is 0 Å². The first-order valence-corrected chi connectivity index (χ1v) is 8.04. The van der Waals surface area contributed by atoms with Gasteiger partial charge in [-0.25, -0.2) is 9.59 Å². The lowest BCUT2D eigenvalue weighted by molar-refractivity contribution is -0.148. The van der Waals surface area contributed by atoms with Gasteiger partial charge in [0, 0.05) is 5.02 Å². The smallest absolute Gasteiger partial charge is 0.348 e. The number of carbonyl (C=O) groups is 1. The summed E-state index contributed by atoms with van der Waals surface area (Å²) in [5, 5.41) is 1.06. The van der Waals surface area contributed by atoms with Gasteiger partial charge in [0.1, 0.15) is 11.3 Å². The molecular weight excluding hydrogens is 344 g/mol. The summed E-state index contributed by atoms with van der Waals surface area (Å²) < 4.78 is 16.2. The van der Waals surface area contributed by atoms with E-state index in [1.807, 2.05) is 6.07 Å². The Morgan fingerprint density at radius 2 is 1.84 bits per heavy atom. The molecular formula is C19H13ClO5. The van der Waals surface area contributed by atoms with Gasteiger partial charge < -0.3 is 13.9 Å². The Balaban J connectivity index is 2.02. The lowest BCUT2D eigenvalue weighted by Gasteiger charge is -2.17. The molecule has 5 nitrogen and oxygen atoms in total. The van der Waals surface area contributed by atoms with Crippen molar-refractivity contribution in [2.24, 2.45) is 0 Å². The Morgan fingerprint density at radius 3 is 2.60 bits per heavy atom. The van der Waals surface area contributed by atoms with Crippen LogP contribution < -0.4 is 10.4 Å². The third-order valence-corrected chi connectivity index (χ3v) is 4.68. The number of benzene rings is 2. The van der Waals surface area contributed by atoms with E-state index in [1.54, 1.807) is 42.5 Å². The van der Waals surface area contributed by atoms with Gasteiger partial charge in [0.2, 0.25) is 6.10 Å². The van der Waals surface area contributed by atoms with Crippen LogP contribution >= 0.6 is 11.6 Å². The van der Waals surface area contributed by atoms with Crippen LogP contribution in [-0.2, 0) is 9.53 Å². The molecule has 1 aliphatic rings. The number of esters is 1. The average Bonchev–Trinajstić information content (AvgIpc) is 3.03. The molecule has 0 N–H and O–H groups in total. The summed E-state index contributed by atoms with van der Waals surface area (Å²) in [5.74, 6) is -0.936. The van der Waals surface area contributed by atoms with Crippen LogP contribution in [0.25, 0.3) is 11.0 Å². The maximum Gasteiger partial charge on any atom is 0.348 e. The summed E-state index contributed by atoms with van der Waals surface area (Å²) in [6.45, 7) is 0. The molecule has 6 heteroatoms. The topological polar surface area (TPSA) is 65.7 Å². The number of fused-ring (bicyclic) bond motifs is 3. The van der Waals surface area contributed by atoms with Crippen LogP contribution in [0.3, 0.4) is 0 Å². The van der Waals surface area contributed by atoms with Gasteiger partial charge in [-0.1, -0.05) is 41.9 Å². The lowest BCUT2D eigenvalue weighted by Crippen LogP contribution is -2.32. The number of halogens is 1. The SMILES string of the molecule is COC(=O)[C@@H]1Oc2c(c(=O)oc3ccccc23)[C@H]1c1ccccc1Cl. The Hall–Kier alpha value is -2.79. The van der Waals surface area contributed by atoms with Crippen molar-refractivity contribution in [1.82, 2.24) is 0 Å². The van der Waals surface area contributed by atoms with Gasteiger partial charge in [-0.15, -0.1) is 0 Å². The molecule has 1 aromatic heterocycles. The third kappa shape index (κ3) is 2.39. The number of methoxy groups -OCH3 is 1. The minimum Gasteiger partial charge on any atom is -0.476 e. The van der Waals surface area contributed by atoms with Crippen LogP contribution in [-0.4, -0.2) is 19.2 Å². The highest BCUT2D eigenvalue weighted by Gasteiger charge is 2.45. The molecule has 0 bridgehead atoms. The van der Waals surface area contributed by atoms with Crippen molar-refractivity contribution >= 4 is 28.5 Å². The summed E-state index contributed by atoms with van der Waals surface area (Å²) in [6, 6.07) is 14.0. The average molecular weight is 357 g/mol. The van der Waals surface area contributed by atoms with Crippen molar-refractivity contribution in [3.8, 4) is 5.75 Å². The number of hydrogen-bond donors (Lipinski definition) is 0. The van der Waals surface area contributed by atoms with Gasteiger partial charge in [0.05, 0.1) is 24.0 Å². The van der Waals surface area contributed by atoms with E-state index in [4.69, 9.17) is 25.5 Å². The fourth-order valence-electron chi connectivity index (χ4n) is 3.22. The Kier molecular flexibility index (Phi) is 3.73. The largest absolute Gasteiger partial charge is 0.476 e. The van der Waals surface area contributed by atoms with E-state index in [1.165, 1.54) is 7.11 Å². The Morgan fingerprint density at radius 1 is 1.12 bits per heavy atom. The van der Waals surface area contributed by atoms with Crippen LogP contribution in [0.15, 0.2) is 57.7 Å². The first-order chi connectivity index (χ1) is 12.1. The molecule has 3 aromatic rings. The van der Waals surface area contributed by atoms with Crippen molar-refractivity contribution in [2.75, 3.05) is 7.11 Å². The highest BCUT2D eigenvalue weighted by Crippen LogP contribution is 2.45. The maximum atomic E-state index is 12.6. The number of para-hydroxylation sites is 1. The Bertz CT molecular complexity index is 1040. The first kappa shape index (κ1) is 15.7. The summed E-state index contributed by atoms with van der Waals surface area (Å²) in [6.07, 6.45) is -1.01. The second-order valence-electron chi connectivity index (χ2n) is 5.69. The molecule has 126 valence electrons. The first-order valence-electron chi connectivity index (χ1n) is 7.66. The molecule has 0 saturated heterocycles. The Labute approximate surface area is 147 Å². The van der Waals surface area contributed by atoms with Crippen LogP contribution in [0.2, 0.25) is 5.02 Å². The van der Waals surface area contributed by atoms with E-state index >= 15 is 0 Å². The molecule has 0 spiro atoms.